The molecule has 0 saturated heterocycles. The highest BCUT2D eigenvalue weighted by atomic mass is 32.2. The molecule has 4 rings (SSSR count). The number of rotatable bonds is 9. The van der Waals surface area contributed by atoms with Crippen molar-refractivity contribution in [1.82, 2.24) is 10.1 Å². The molecule has 0 unspecified atom stereocenters. The Morgan fingerprint density at radius 1 is 1.03 bits per heavy atom. The minimum absolute atomic E-state index is 0.335. The van der Waals surface area contributed by atoms with Crippen molar-refractivity contribution in [2.45, 2.75) is 11.3 Å². The van der Waals surface area contributed by atoms with Gasteiger partial charge in [-0.3, -0.25) is 4.98 Å². The third-order valence-corrected chi connectivity index (χ3v) is 5.45. The summed E-state index contributed by atoms with van der Waals surface area (Å²) < 4.78 is 37.8. The van der Waals surface area contributed by atoms with E-state index in [1.165, 1.54) is 11.9 Å². The molecule has 2 heterocycles. The molecule has 0 aliphatic heterocycles. The fraction of sp³-hybridized carbons (Fsp3) is 0.182. The maximum atomic E-state index is 13.1. The molecule has 1 N–H and O–H groups in total. The monoisotopic (exact) mass is 441 g/mol. The summed E-state index contributed by atoms with van der Waals surface area (Å²) in [5, 5.41) is 4.65. The molecule has 160 valence electrons. The van der Waals surface area contributed by atoms with Crippen LogP contribution >= 0.6 is 11.9 Å². The number of halogens is 1. The number of hydrogen-bond acceptors (Lipinski definition) is 8. The van der Waals surface area contributed by atoms with Gasteiger partial charge < -0.3 is 23.5 Å². The van der Waals surface area contributed by atoms with Crippen LogP contribution in [0.25, 0.3) is 11.0 Å². The van der Waals surface area contributed by atoms with Gasteiger partial charge in [0.05, 0.1) is 14.2 Å². The van der Waals surface area contributed by atoms with Crippen molar-refractivity contribution < 1.29 is 23.1 Å². The zero-order chi connectivity index (χ0) is 21.6. The Bertz CT molecular complexity index is 1150. The molecule has 31 heavy (non-hydrogen) atoms. The van der Waals surface area contributed by atoms with E-state index in [1.54, 1.807) is 26.5 Å². The van der Waals surface area contributed by atoms with Crippen LogP contribution in [0.15, 0.2) is 64.1 Å². The highest BCUT2D eigenvalue weighted by Crippen LogP contribution is 2.40. The van der Waals surface area contributed by atoms with Crippen LogP contribution in [0.2, 0.25) is 0 Å². The SMILES string of the molecule is COc1cccc(OC)c1SNc1noc2cc(Cc3ccccn3)cc(OCF)c12. The van der Waals surface area contributed by atoms with Gasteiger partial charge in [0.2, 0.25) is 6.86 Å². The zero-order valence-corrected chi connectivity index (χ0v) is 17.7. The van der Waals surface area contributed by atoms with Crippen molar-refractivity contribution in [3.05, 3.63) is 66.0 Å². The largest absolute Gasteiger partial charge is 0.495 e. The van der Waals surface area contributed by atoms with Crippen LogP contribution in [0, 0.1) is 0 Å². The topological polar surface area (TPSA) is 78.6 Å². The minimum atomic E-state index is -0.972. The molecular formula is C22H20FN3O4S. The molecular weight excluding hydrogens is 421 g/mol. The lowest BCUT2D eigenvalue weighted by atomic mass is 10.1. The molecule has 0 aliphatic rings. The van der Waals surface area contributed by atoms with E-state index in [1.807, 2.05) is 42.5 Å². The molecule has 0 radical (unpaired) electrons. The van der Waals surface area contributed by atoms with Gasteiger partial charge in [0.1, 0.15) is 27.5 Å². The fourth-order valence-corrected chi connectivity index (χ4v) is 4.01. The molecule has 0 atom stereocenters. The van der Waals surface area contributed by atoms with E-state index < -0.39 is 6.86 Å². The Kier molecular flexibility index (Phi) is 6.42. The molecule has 0 spiro atoms. The van der Waals surface area contributed by atoms with E-state index in [4.69, 9.17) is 18.7 Å². The van der Waals surface area contributed by atoms with Gasteiger partial charge in [0.15, 0.2) is 11.4 Å². The molecule has 9 heteroatoms. The molecule has 0 amide bonds. The molecule has 0 fully saturated rings. The van der Waals surface area contributed by atoms with Crippen molar-refractivity contribution >= 4 is 28.7 Å². The summed E-state index contributed by atoms with van der Waals surface area (Å²) in [6.07, 6.45) is 2.28. The molecule has 4 aromatic rings. The van der Waals surface area contributed by atoms with E-state index in [0.29, 0.717) is 40.5 Å². The Labute approximate surface area is 182 Å². The Morgan fingerprint density at radius 2 is 1.84 bits per heavy atom. The lowest BCUT2D eigenvalue weighted by molar-refractivity contribution is 0.194. The summed E-state index contributed by atoms with van der Waals surface area (Å²) in [5.74, 6) is 2.02. The van der Waals surface area contributed by atoms with Crippen LogP contribution in [0.1, 0.15) is 11.3 Å². The Hall–Kier alpha value is -3.46. The number of ether oxygens (including phenoxy) is 3. The first kappa shape index (κ1) is 20.8. The number of anilines is 1. The number of methoxy groups -OCH3 is 2. The molecule has 0 aliphatic carbocycles. The fourth-order valence-electron chi connectivity index (χ4n) is 3.16. The maximum absolute atomic E-state index is 13.1. The van der Waals surface area contributed by atoms with Crippen molar-refractivity contribution in [3.63, 3.8) is 0 Å². The number of aromatic nitrogens is 2. The van der Waals surface area contributed by atoms with Crippen LogP contribution in [0.3, 0.4) is 0 Å². The van der Waals surface area contributed by atoms with Gasteiger partial charge in [0, 0.05) is 18.3 Å². The number of pyridine rings is 1. The summed E-state index contributed by atoms with van der Waals surface area (Å²) >= 11 is 1.25. The number of benzene rings is 2. The van der Waals surface area contributed by atoms with Gasteiger partial charge in [-0.2, -0.15) is 0 Å². The van der Waals surface area contributed by atoms with Crippen LogP contribution < -0.4 is 18.9 Å². The van der Waals surface area contributed by atoms with E-state index in [9.17, 15) is 4.39 Å². The number of fused-ring (bicyclic) bond motifs is 1. The van der Waals surface area contributed by atoms with Gasteiger partial charge in [-0.05, 0) is 53.9 Å². The summed E-state index contributed by atoms with van der Waals surface area (Å²) in [6.45, 7) is -0.972. The minimum Gasteiger partial charge on any atom is -0.495 e. The van der Waals surface area contributed by atoms with E-state index in [-0.39, 0.29) is 0 Å². The molecule has 0 bridgehead atoms. The molecule has 2 aromatic carbocycles. The molecule has 7 nitrogen and oxygen atoms in total. The van der Waals surface area contributed by atoms with Gasteiger partial charge in [-0.1, -0.05) is 17.3 Å². The number of alkyl halides is 1. The Morgan fingerprint density at radius 3 is 2.52 bits per heavy atom. The number of hydrogen-bond donors (Lipinski definition) is 1. The summed E-state index contributed by atoms with van der Waals surface area (Å²) in [5.41, 5.74) is 2.23. The third kappa shape index (κ3) is 4.51. The highest BCUT2D eigenvalue weighted by Gasteiger charge is 2.18. The first-order valence-electron chi connectivity index (χ1n) is 9.38. The van der Waals surface area contributed by atoms with Crippen molar-refractivity contribution in [2.75, 3.05) is 25.8 Å². The standard InChI is InChI=1S/C22H20FN3O4S/c1-27-16-7-5-8-17(28-2)21(16)31-26-22-20-18(29-13-23)11-14(12-19(20)30-25-22)10-15-6-3-4-9-24-15/h3-9,11-12H,10,13H2,1-2H3,(H,25,26). The smallest absolute Gasteiger partial charge is 0.228 e. The predicted octanol–water partition coefficient (Wildman–Crippen LogP) is 5.26. The van der Waals surface area contributed by atoms with Gasteiger partial charge in [-0.15, -0.1) is 0 Å². The number of nitrogens with zero attached hydrogens (tertiary/aromatic N) is 2. The van der Waals surface area contributed by atoms with Gasteiger partial charge in [-0.25, -0.2) is 4.39 Å². The molecule has 2 aromatic heterocycles. The first-order chi connectivity index (χ1) is 15.2. The van der Waals surface area contributed by atoms with Crippen LogP contribution in [-0.2, 0) is 6.42 Å². The van der Waals surface area contributed by atoms with Crippen LogP contribution in [-0.4, -0.2) is 31.2 Å². The summed E-state index contributed by atoms with van der Waals surface area (Å²) in [7, 11) is 3.17. The van der Waals surface area contributed by atoms with Crippen LogP contribution in [0.4, 0.5) is 10.2 Å². The van der Waals surface area contributed by atoms with E-state index >= 15 is 0 Å². The molecule has 0 saturated carbocycles. The lowest BCUT2D eigenvalue weighted by Gasteiger charge is -2.12. The van der Waals surface area contributed by atoms with E-state index in [0.717, 1.165) is 16.2 Å². The zero-order valence-electron chi connectivity index (χ0n) is 16.9. The lowest BCUT2D eigenvalue weighted by Crippen LogP contribution is -1.97. The number of nitrogens with one attached hydrogen (secondary N) is 1. The van der Waals surface area contributed by atoms with Gasteiger partial charge in [0.25, 0.3) is 0 Å². The summed E-state index contributed by atoms with van der Waals surface area (Å²) in [4.78, 5) is 5.07. The third-order valence-electron chi connectivity index (χ3n) is 4.55. The van der Waals surface area contributed by atoms with Crippen molar-refractivity contribution in [3.8, 4) is 17.2 Å². The van der Waals surface area contributed by atoms with Gasteiger partial charge >= 0.3 is 0 Å². The second-order valence-electron chi connectivity index (χ2n) is 6.45. The predicted molar refractivity (Wildman–Crippen MR) is 117 cm³/mol. The van der Waals surface area contributed by atoms with Crippen molar-refractivity contribution in [2.24, 2.45) is 0 Å². The quantitative estimate of drug-likeness (QED) is 0.353. The van der Waals surface area contributed by atoms with Crippen LogP contribution in [0.5, 0.6) is 17.2 Å². The maximum Gasteiger partial charge on any atom is 0.228 e. The van der Waals surface area contributed by atoms with E-state index in [2.05, 4.69) is 14.9 Å². The Balaban J connectivity index is 1.65. The first-order valence-corrected chi connectivity index (χ1v) is 10.2. The average Bonchev–Trinajstić information content (AvgIpc) is 3.21. The second-order valence-corrected chi connectivity index (χ2v) is 7.26. The second kappa shape index (κ2) is 9.57. The van der Waals surface area contributed by atoms with Crippen molar-refractivity contribution in [1.29, 1.82) is 0 Å². The normalized spacial score (nSPS) is 10.8. The highest BCUT2D eigenvalue weighted by molar-refractivity contribution is 8.00. The average molecular weight is 441 g/mol. The summed E-state index contributed by atoms with van der Waals surface area (Å²) in [6, 6.07) is 14.8.